The topological polar surface area (TPSA) is 49.4 Å². The molecular formula is C28H27FN2O2. The van der Waals surface area contributed by atoms with Crippen LogP contribution in [0, 0.1) is 11.7 Å². The van der Waals surface area contributed by atoms with E-state index in [4.69, 9.17) is 0 Å². The van der Waals surface area contributed by atoms with Gasteiger partial charge in [0.15, 0.2) is 0 Å². The summed E-state index contributed by atoms with van der Waals surface area (Å²) < 4.78 is 13.4. The van der Waals surface area contributed by atoms with Crippen LogP contribution in [-0.2, 0) is 9.59 Å². The first-order chi connectivity index (χ1) is 16.1. The van der Waals surface area contributed by atoms with Crippen molar-refractivity contribution in [2.24, 2.45) is 5.92 Å². The van der Waals surface area contributed by atoms with Crippen LogP contribution in [0.1, 0.15) is 35.6 Å². The Morgan fingerprint density at radius 1 is 0.848 bits per heavy atom. The molecule has 1 heterocycles. The number of nitrogens with one attached hydrogen (secondary N) is 1. The van der Waals surface area contributed by atoms with E-state index in [1.165, 1.54) is 12.1 Å². The smallest absolute Gasteiger partial charge is 0.246 e. The van der Waals surface area contributed by atoms with E-state index in [2.05, 4.69) is 5.32 Å². The number of hydrogen-bond acceptors (Lipinski definition) is 2. The molecule has 0 saturated carbocycles. The molecular weight excluding hydrogens is 415 g/mol. The van der Waals surface area contributed by atoms with Gasteiger partial charge in [-0.05, 0) is 47.7 Å². The maximum Gasteiger partial charge on any atom is 0.246 e. The Morgan fingerprint density at radius 3 is 2.06 bits per heavy atom. The first kappa shape index (κ1) is 22.5. The van der Waals surface area contributed by atoms with E-state index in [9.17, 15) is 14.0 Å². The summed E-state index contributed by atoms with van der Waals surface area (Å²) in [6, 6.07) is 25.2. The van der Waals surface area contributed by atoms with E-state index < -0.39 is 0 Å². The number of benzene rings is 3. The number of rotatable bonds is 6. The van der Waals surface area contributed by atoms with Crippen molar-refractivity contribution in [1.29, 1.82) is 0 Å². The lowest BCUT2D eigenvalue weighted by Gasteiger charge is -2.32. The van der Waals surface area contributed by atoms with Crippen LogP contribution in [0.4, 0.5) is 4.39 Å². The number of piperidine rings is 1. The highest BCUT2D eigenvalue weighted by Gasteiger charge is 2.28. The fraction of sp³-hybridized carbons (Fsp3) is 0.214. The third-order valence-electron chi connectivity index (χ3n) is 6.02. The summed E-state index contributed by atoms with van der Waals surface area (Å²) in [6.45, 7) is 1.09. The van der Waals surface area contributed by atoms with Crippen molar-refractivity contribution in [3.8, 4) is 0 Å². The third-order valence-corrected chi connectivity index (χ3v) is 6.02. The Hall–Kier alpha value is -3.73. The van der Waals surface area contributed by atoms with Crippen molar-refractivity contribution in [2.45, 2.75) is 18.9 Å². The average Bonchev–Trinajstić information content (AvgIpc) is 2.87. The maximum absolute atomic E-state index is 13.4. The van der Waals surface area contributed by atoms with Gasteiger partial charge >= 0.3 is 0 Å². The molecule has 0 spiro atoms. The van der Waals surface area contributed by atoms with Crippen molar-refractivity contribution in [1.82, 2.24) is 10.2 Å². The zero-order valence-electron chi connectivity index (χ0n) is 18.4. The summed E-state index contributed by atoms with van der Waals surface area (Å²) in [4.78, 5) is 27.4. The zero-order valence-corrected chi connectivity index (χ0v) is 18.4. The van der Waals surface area contributed by atoms with Crippen molar-refractivity contribution < 1.29 is 14.0 Å². The lowest BCUT2D eigenvalue weighted by molar-refractivity contribution is -0.132. The number of halogens is 1. The van der Waals surface area contributed by atoms with E-state index in [1.54, 1.807) is 23.1 Å². The van der Waals surface area contributed by atoms with Gasteiger partial charge < -0.3 is 10.2 Å². The van der Waals surface area contributed by atoms with Crippen LogP contribution >= 0.6 is 0 Å². The number of nitrogens with zero attached hydrogens (tertiary/aromatic N) is 1. The van der Waals surface area contributed by atoms with Gasteiger partial charge in [-0.25, -0.2) is 4.39 Å². The second-order valence-corrected chi connectivity index (χ2v) is 8.25. The first-order valence-corrected chi connectivity index (χ1v) is 11.2. The summed E-state index contributed by atoms with van der Waals surface area (Å²) in [5.74, 6) is -0.555. The first-order valence-electron chi connectivity index (χ1n) is 11.2. The monoisotopic (exact) mass is 442 g/mol. The molecule has 4 nitrogen and oxygen atoms in total. The molecule has 1 aliphatic heterocycles. The van der Waals surface area contributed by atoms with Crippen LogP contribution < -0.4 is 5.32 Å². The Balaban J connectivity index is 1.37. The van der Waals surface area contributed by atoms with Gasteiger partial charge in [0.05, 0.1) is 6.04 Å². The molecule has 1 N–H and O–H groups in total. The van der Waals surface area contributed by atoms with Gasteiger partial charge in [0.25, 0.3) is 0 Å². The molecule has 2 amide bonds. The van der Waals surface area contributed by atoms with Gasteiger partial charge in [-0.15, -0.1) is 0 Å². The molecule has 4 rings (SSSR count). The van der Waals surface area contributed by atoms with Crippen LogP contribution in [-0.4, -0.2) is 29.8 Å². The molecule has 1 unspecified atom stereocenters. The lowest BCUT2D eigenvalue weighted by atomic mass is 9.93. The summed E-state index contributed by atoms with van der Waals surface area (Å²) in [5.41, 5.74) is 2.75. The van der Waals surface area contributed by atoms with E-state index in [-0.39, 0.29) is 29.6 Å². The summed E-state index contributed by atoms with van der Waals surface area (Å²) in [6.07, 6.45) is 4.63. The largest absolute Gasteiger partial charge is 0.345 e. The van der Waals surface area contributed by atoms with Gasteiger partial charge in [0.2, 0.25) is 11.8 Å². The fourth-order valence-corrected chi connectivity index (χ4v) is 4.12. The van der Waals surface area contributed by atoms with Gasteiger partial charge in [0.1, 0.15) is 5.82 Å². The molecule has 5 heteroatoms. The molecule has 1 aliphatic rings. The van der Waals surface area contributed by atoms with Crippen LogP contribution in [0.3, 0.4) is 0 Å². The Labute approximate surface area is 193 Å². The molecule has 0 bridgehead atoms. The molecule has 1 saturated heterocycles. The Morgan fingerprint density at radius 2 is 1.42 bits per heavy atom. The molecule has 3 aromatic rings. The quantitative estimate of drug-likeness (QED) is 0.547. The van der Waals surface area contributed by atoms with E-state index in [1.807, 2.05) is 66.7 Å². The summed E-state index contributed by atoms with van der Waals surface area (Å²) >= 11 is 0. The van der Waals surface area contributed by atoms with E-state index >= 15 is 0 Å². The standard InChI is InChI=1S/C28H27FN2O2/c29-25-14-12-23(13-15-25)27(22-9-5-2-6-10-22)30-28(33)24-17-19-31(20-18-24)26(32)16-11-21-7-3-1-4-8-21/h1-16,24,27H,17-20H2,(H,30,33). The van der Waals surface area contributed by atoms with Gasteiger partial charge in [-0.3, -0.25) is 9.59 Å². The van der Waals surface area contributed by atoms with Gasteiger partial charge in [0, 0.05) is 25.1 Å². The lowest BCUT2D eigenvalue weighted by Crippen LogP contribution is -2.43. The molecule has 1 fully saturated rings. The molecule has 0 aromatic heterocycles. The van der Waals surface area contributed by atoms with E-state index in [0.717, 1.165) is 16.7 Å². The maximum atomic E-state index is 13.4. The number of hydrogen-bond donors (Lipinski definition) is 1. The highest BCUT2D eigenvalue weighted by molar-refractivity contribution is 5.92. The van der Waals surface area contributed by atoms with Crippen molar-refractivity contribution >= 4 is 17.9 Å². The molecule has 33 heavy (non-hydrogen) atoms. The molecule has 1 atom stereocenters. The second kappa shape index (κ2) is 10.7. The number of amides is 2. The van der Waals surface area contributed by atoms with Crippen LogP contribution in [0.5, 0.6) is 0 Å². The normalized spacial score (nSPS) is 15.4. The van der Waals surface area contributed by atoms with Gasteiger partial charge in [-0.2, -0.15) is 0 Å². The molecule has 0 aliphatic carbocycles. The average molecular weight is 443 g/mol. The van der Waals surface area contributed by atoms with Crippen molar-refractivity contribution in [2.75, 3.05) is 13.1 Å². The fourth-order valence-electron chi connectivity index (χ4n) is 4.12. The van der Waals surface area contributed by atoms with Crippen molar-refractivity contribution in [3.05, 3.63) is 114 Å². The predicted molar refractivity (Wildman–Crippen MR) is 128 cm³/mol. The zero-order chi connectivity index (χ0) is 23.0. The third kappa shape index (κ3) is 5.95. The van der Waals surface area contributed by atoms with Crippen LogP contribution in [0.25, 0.3) is 6.08 Å². The molecule has 168 valence electrons. The minimum atomic E-state index is -0.354. The minimum absolute atomic E-state index is 0.0359. The molecule has 3 aromatic carbocycles. The van der Waals surface area contributed by atoms with Crippen LogP contribution in [0.15, 0.2) is 91.0 Å². The second-order valence-electron chi connectivity index (χ2n) is 8.25. The Kier molecular flexibility index (Phi) is 7.30. The van der Waals surface area contributed by atoms with E-state index in [0.29, 0.717) is 25.9 Å². The number of likely N-dealkylation sites (tertiary alicyclic amines) is 1. The van der Waals surface area contributed by atoms with Crippen LogP contribution in [0.2, 0.25) is 0 Å². The minimum Gasteiger partial charge on any atom is -0.345 e. The molecule has 0 radical (unpaired) electrons. The highest BCUT2D eigenvalue weighted by Crippen LogP contribution is 2.25. The number of carbonyl (C=O) groups excluding carboxylic acids is 2. The highest BCUT2D eigenvalue weighted by atomic mass is 19.1. The summed E-state index contributed by atoms with van der Waals surface area (Å²) in [7, 11) is 0. The van der Waals surface area contributed by atoms with Crippen molar-refractivity contribution in [3.63, 3.8) is 0 Å². The summed E-state index contributed by atoms with van der Waals surface area (Å²) in [5, 5.41) is 3.15. The van der Waals surface area contributed by atoms with Gasteiger partial charge in [-0.1, -0.05) is 72.8 Å². The number of carbonyl (C=O) groups is 2. The SMILES string of the molecule is O=C(NC(c1ccccc1)c1ccc(F)cc1)C1CCN(C(=O)C=Cc2ccccc2)CC1. The predicted octanol–water partition coefficient (Wildman–Crippen LogP) is 4.98. The Bertz CT molecular complexity index is 1090.